The molecule has 13 heavy (non-hydrogen) atoms. The van der Waals surface area contributed by atoms with E-state index < -0.39 is 0 Å². The summed E-state index contributed by atoms with van der Waals surface area (Å²) in [7, 11) is 0. The highest BCUT2D eigenvalue weighted by Crippen LogP contribution is 2.20. The molecule has 1 aromatic rings. The Morgan fingerprint density at radius 3 is 3.00 bits per heavy atom. The molecule has 0 bridgehead atoms. The molecule has 0 radical (unpaired) electrons. The van der Waals surface area contributed by atoms with Crippen LogP contribution in [0.5, 0.6) is 0 Å². The molecular weight excluding hydrogens is 222 g/mol. The summed E-state index contributed by atoms with van der Waals surface area (Å²) in [5.74, 6) is 2.39. The summed E-state index contributed by atoms with van der Waals surface area (Å²) in [5.41, 5.74) is 0. The van der Waals surface area contributed by atoms with Gasteiger partial charge in [-0.15, -0.1) is 11.3 Å². The fourth-order valence-electron chi connectivity index (χ4n) is 0.947. The molecule has 74 valence electrons. The average Bonchev–Trinajstić information content (AvgIpc) is 2.51. The largest absolute Gasteiger partial charge is 0.311 e. The smallest absolute Gasteiger partial charge is 0.0931 e. The van der Waals surface area contributed by atoms with Crippen molar-refractivity contribution in [3.63, 3.8) is 0 Å². The molecule has 0 unspecified atom stereocenters. The Labute approximate surface area is 92.9 Å². The maximum Gasteiger partial charge on any atom is 0.0931 e. The maximum atomic E-state index is 5.81. The number of nitrogens with one attached hydrogen (secondary N) is 1. The van der Waals surface area contributed by atoms with Gasteiger partial charge < -0.3 is 5.32 Å². The molecule has 0 aliphatic rings. The second-order valence-electron chi connectivity index (χ2n) is 2.58. The van der Waals surface area contributed by atoms with Crippen LogP contribution in [0.15, 0.2) is 12.1 Å². The van der Waals surface area contributed by atoms with E-state index in [2.05, 4.69) is 18.3 Å². The average molecular weight is 236 g/mol. The minimum Gasteiger partial charge on any atom is -0.311 e. The Kier molecular flexibility index (Phi) is 5.87. The topological polar surface area (TPSA) is 12.0 Å². The van der Waals surface area contributed by atoms with Crippen molar-refractivity contribution in [2.75, 3.05) is 18.1 Å². The molecule has 1 heterocycles. The molecule has 0 aliphatic carbocycles. The van der Waals surface area contributed by atoms with Gasteiger partial charge in [-0.25, -0.2) is 0 Å². The molecule has 0 atom stereocenters. The van der Waals surface area contributed by atoms with E-state index in [-0.39, 0.29) is 0 Å². The molecular formula is C9H14ClNS2. The van der Waals surface area contributed by atoms with Crippen LogP contribution in [0, 0.1) is 0 Å². The van der Waals surface area contributed by atoms with Gasteiger partial charge in [-0.05, 0) is 17.9 Å². The Bertz CT molecular complexity index is 237. The lowest BCUT2D eigenvalue weighted by Crippen LogP contribution is -2.15. The van der Waals surface area contributed by atoms with Crippen molar-refractivity contribution < 1.29 is 0 Å². The zero-order valence-corrected chi connectivity index (χ0v) is 10.1. The van der Waals surface area contributed by atoms with Gasteiger partial charge in [0.25, 0.3) is 0 Å². The normalized spacial score (nSPS) is 10.6. The van der Waals surface area contributed by atoms with Crippen LogP contribution < -0.4 is 5.32 Å². The van der Waals surface area contributed by atoms with Gasteiger partial charge in [-0.1, -0.05) is 18.5 Å². The van der Waals surface area contributed by atoms with E-state index >= 15 is 0 Å². The highest BCUT2D eigenvalue weighted by molar-refractivity contribution is 7.99. The fraction of sp³-hybridized carbons (Fsp3) is 0.556. The van der Waals surface area contributed by atoms with Gasteiger partial charge in [0, 0.05) is 23.7 Å². The molecule has 1 aromatic heterocycles. The number of hydrogen-bond acceptors (Lipinski definition) is 3. The summed E-state index contributed by atoms with van der Waals surface area (Å²) in [5, 5.41) is 3.38. The molecule has 0 aromatic carbocycles. The summed E-state index contributed by atoms with van der Waals surface area (Å²) in [4.78, 5) is 1.31. The molecule has 0 saturated heterocycles. The first-order valence-electron chi connectivity index (χ1n) is 4.35. The predicted molar refractivity (Wildman–Crippen MR) is 64.0 cm³/mol. The first kappa shape index (κ1) is 11.4. The summed E-state index contributed by atoms with van der Waals surface area (Å²) in [6.45, 7) is 4.21. The number of rotatable bonds is 6. The molecule has 0 spiro atoms. The maximum absolute atomic E-state index is 5.81. The lowest BCUT2D eigenvalue weighted by molar-refractivity contribution is 0.741. The first-order valence-corrected chi connectivity index (χ1v) is 6.70. The third-order valence-electron chi connectivity index (χ3n) is 1.56. The number of thiophene rings is 1. The van der Waals surface area contributed by atoms with E-state index in [1.807, 2.05) is 17.8 Å². The van der Waals surface area contributed by atoms with Crippen molar-refractivity contribution in [3.8, 4) is 0 Å². The van der Waals surface area contributed by atoms with Crippen LogP contribution >= 0.6 is 34.7 Å². The highest BCUT2D eigenvalue weighted by atomic mass is 35.5. The molecule has 1 rings (SSSR count). The zero-order chi connectivity index (χ0) is 9.52. The Morgan fingerprint density at radius 2 is 2.38 bits per heavy atom. The fourth-order valence-corrected chi connectivity index (χ4v) is 2.58. The molecule has 0 saturated carbocycles. The van der Waals surface area contributed by atoms with Crippen molar-refractivity contribution in [2.24, 2.45) is 0 Å². The van der Waals surface area contributed by atoms with Crippen molar-refractivity contribution in [2.45, 2.75) is 13.5 Å². The third kappa shape index (κ3) is 4.91. The van der Waals surface area contributed by atoms with Crippen LogP contribution in [0.2, 0.25) is 4.34 Å². The molecule has 1 N–H and O–H groups in total. The van der Waals surface area contributed by atoms with Crippen LogP contribution in [-0.4, -0.2) is 18.1 Å². The van der Waals surface area contributed by atoms with Gasteiger partial charge >= 0.3 is 0 Å². The van der Waals surface area contributed by atoms with Crippen LogP contribution in [0.25, 0.3) is 0 Å². The van der Waals surface area contributed by atoms with Crippen LogP contribution in [0.1, 0.15) is 11.8 Å². The van der Waals surface area contributed by atoms with Crippen molar-refractivity contribution in [1.82, 2.24) is 5.32 Å². The van der Waals surface area contributed by atoms with E-state index in [1.165, 1.54) is 16.4 Å². The van der Waals surface area contributed by atoms with E-state index in [4.69, 9.17) is 11.6 Å². The van der Waals surface area contributed by atoms with Gasteiger partial charge in [0.15, 0.2) is 0 Å². The standard InChI is InChI=1S/C9H14ClNS2/c1-2-12-6-5-11-7-8-3-4-9(10)13-8/h3-4,11H,2,5-7H2,1H3. The molecule has 1 nitrogen and oxygen atoms in total. The van der Waals surface area contributed by atoms with Gasteiger partial charge in [0.05, 0.1) is 4.34 Å². The van der Waals surface area contributed by atoms with Crippen molar-refractivity contribution in [1.29, 1.82) is 0 Å². The molecule has 0 aliphatic heterocycles. The van der Waals surface area contributed by atoms with Gasteiger partial charge in [0.2, 0.25) is 0 Å². The van der Waals surface area contributed by atoms with Crippen LogP contribution in [0.4, 0.5) is 0 Å². The van der Waals surface area contributed by atoms with Crippen molar-refractivity contribution in [3.05, 3.63) is 21.3 Å². The Morgan fingerprint density at radius 1 is 1.54 bits per heavy atom. The van der Waals surface area contributed by atoms with Gasteiger partial charge in [-0.2, -0.15) is 11.8 Å². The summed E-state index contributed by atoms with van der Waals surface area (Å²) < 4.78 is 0.875. The Balaban J connectivity index is 2.06. The van der Waals surface area contributed by atoms with Gasteiger partial charge in [-0.3, -0.25) is 0 Å². The lowest BCUT2D eigenvalue weighted by Gasteiger charge is -2.00. The summed E-state index contributed by atoms with van der Waals surface area (Å²) >= 11 is 9.42. The number of halogens is 1. The zero-order valence-electron chi connectivity index (χ0n) is 7.68. The van der Waals surface area contributed by atoms with E-state index in [0.29, 0.717) is 0 Å². The minimum absolute atomic E-state index is 0.875. The van der Waals surface area contributed by atoms with E-state index in [9.17, 15) is 0 Å². The second kappa shape index (κ2) is 6.71. The lowest BCUT2D eigenvalue weighted by atomic mass is 10.4. The minimum atomic E-state index is 0.875. The Hall–Kier alpha value is 0.300. The highest BCUT2D eigenvalue weighted by Gasteiger charge is 1.96. The monoisotopic (exact) mass is 235 g/mol. The number of hydrogen-bond donors (Lipinski definition) is 1. The van der Waals surface area contributed by atoms with E-state index in [0.717, 1.165) is 17.4 Å². The molecule has 4 heteroatoms. The molecule has 0 amide bonds. The quantitative estimate of drug-likeness (QED) is 0.760. The van der Waals surface area contributed by atoms with Crippen LogP contribution in [0.3, 0.4) is 0 Å². The molecule has 0 fully saturated rings. The second-order valence-corrected chi connectivity index (χ2v) is 5.77. The summed E-state index contributed by atoms with van der Waals surface area (Å²) in [6, 6.07) is 4.02. The first-order chi connectivity index (χ1) is 6.33. The van der Waals surface area contributed by atoms with Crippen molar-refractivity contribution >= 4 is 34.7 Å². The SMILES string of the molecule is CCSCCNCc1ccc(Cl)s1. The third-order valence-corrected chi connectivity index (χ3v) is 3.69. The predicted octanol–water partition coefficient (Wildman–Crippen LogP) is 3.24. The van der Waals surface area contributed by atoms with Crippen LogP contribution in [-0.2, 0) is 6.54 Å². The summed E-state index contributed by atoms with van der Waals surface area (Å²) in [6.07, 6.45) is 0. The number of thioether (sulfide) groups is 1. The van der Waals surface area contributed by atoms with E-state index in [1.54, 1.807) is 11.3 Å². The van der Waals surface area contributed by atoms with Gasteiger partial charge in [0.1, 0.15) is 0 Å².